The fraction of sp³-hybridized carbons (Fsp3) is 0.419. The zero-order valence-electron chi connectivity index (χ0n) is 21.7. The molecule has 1 N–H and O–H groups in total. The first kappa shape index (κ1) is 26.6. The molecule has 194 valence electrons. The number of carbonyl (C=O) groups is 1. The molecule has 1 aromatic heterocycles. The second-order valence-electron chi connectivity index (χ2n) is 9.99. The lowest BCUT2D eigenvalue weighted by molar-refractivity contribution is -0.137. The van der Waals surface area contributed by atoms with E-state index in [1.165, 1.54) is 11.6 Å². The van der Waals surface area contributed by atoms with Crippen LogP contribution in [0.3, 0.4) is 0 Å². The zero-order chi connectivity index (χ0) is 26.2. The van der Waals surface area contributed by atoms with Crippen molar-refractivity contribution in [3.63, 3.8) is 0 Å². The molecular weight excluding hydrogens is 467 g/mol. The molecule has 1 aliphatic rings. The van der Waals surface area contributed by atoms with E-state index in [4.69, 9.17) is 4.74 Å². The number of carboxylic acid groups (broad SMARTS) is 1. The summed E-state index contributed by atoms with van der Waals surface area (Å²) in [5, 5.41) is 10.4. The van der Waals surface area contributed by atoms with Gasteiger partial charge in [0.25, 0.3) is 0 Å². The van der Waals surface area contributed by atoms with Crippen LogP contribution in [0.1, 0.15) is 48.8 Å². The summed E-state index contributed by atoms with van der Waals surface area (Å²) in [5.41, 5.74) is 3.54. The topological polar surface area (TPSA) is 62.7 Å². The minimum absolute atomic E-state index is 0.193. The van der Waals surface area contributed by atoms with Crippen LogP contribution in [0.15, 0.2) is 48.7 Å². The van der Waals surface area contributed by atoms with Crippen molar-refractivity contribution in [1.29, 1.82) is 0 Å². The first-order chi connectivity index (χ1) is 17.9. The Kier molecular flexibility index (Phi) is 9.14. The van der Waals surface area contributed by atoms with Gasteiger partial charge in [0.1, 0.15) is 11.6 Å². The summed E-state index contributed by atoms with van der Waals surface area (Å²) in [6.07, 6.45) is 6.85. The highest BCUT2D eigenvalue weighted by molar-refractivity contribution is 5.83. The van der Waals surface area contributed by atoms with Gasteiger partial charge in [0, 0.05) is 30.1 Å². The van der Waals surface area contributed by atoms with Crippen LogP contribution in [0.25, 0.3) is 10.9 Å². The first-order valence-electron chi connectivity index (χ1n) is 13.0. The number of likely N-dealkylation sites (tertiary alicyclic amines) is 1. The van der Waals surface area contributed by atoms with Crippen molar-refractivity contribution >= 4 is 16.9 Å². The Morgan fingerprint density at radius 1 is 1.19 bits per heavy atom. The molecule has 37 heavy (non-hydrogen) atoms. The number of aromatic nitrogens is 1. The van der Waals surface area contributed by atoms with E-state index in [1.807, 2.05) is 24.4 Å². The van der Waals surface area contributed by atoms with Crippen molar-refractivity contribution in [2.75, 3.05) is 26.7 Å². The van der Waals surface area contributed by atoms with E-state index in [0.717, 1.165) is 55.4 Å². The number of ether oxygens (including phenoxy) is 1. The number of nitrogens with zero attached hydrogens (tertiary/aromatic N) is 2. The second kappa shape index (κ2) is 12.7. The molecule has 1 saturated heterocycles. The van der Waals surface area contributed by atoms with E-state index in [1.54, 1.807) is 20.1 Å². The predicted octanol–water partition coefficient (Wildman–Crippen LogP) is 5.87. The van der Waals surface area contributed by atoms with Crippen LogP contribution < -0.4 is 4.74 Å². The maximum absolute atomic E-state index is 13.8. The molecule has 0 bridgehead atoms. The van der Waals surface area contributed by atoms with Gasteiger partial charge in [0.2, 0.25) is 0 Å². The second-order valence-corrected chi connectivity index (χ2v) is 9.99. The zero-order valence-corrected chi connectivity index (χ0v) is 21.7. The first-order valence-corrected chi connectivity index (χ1v) is 13.0. The summed E-state index contributed by atoms with van der Waals surface area (Å²) in [4.78, 5) is 18.1. The van der Waals surface area contributed by atoms with Crippen LogP contribution in [-0.2, 0) is 11.2 Å². The highest BCUT2D eigenvalue weighted by Crippen LogP contribution is 2.32. The molecule has 2 heterocycles. The average molecular weight is 503 g/mol. The van der Waals surface area contributed by atoms with Crippen molar-refractivity contribution in [3.8, 4) is 17.6 Å². The number of rotatable bonds is 9. The van der Waals surface area contributed by atoms with Gasteiger partial charge in [-0.25, -0.2) is 4.39 Å². The lowest BCUT2D eigenvalue weighted by atomic mass is 9.79. The summed E-state index contributed by atoms with van der Waals surface area (Å²) in [5.74, 6) is 6.94. The van der Waals surface area contributed by atoms with Gasteiger partial charge in [0.05, 0.1) is 19.2 Å². The van der Waals surface area contributed by atoms with Crippen LogP contribution in [0.5, 0.6) is 5.75 Å². The van der Waals surface area contributed by atoms with E-state index in [-0.39, 0.29) is 12.2 Å². The van der Waals surface area contributed by atoms with E-state index in [0.29, 0.717) is 35.9 Å². The number of methoxy groups -OCH3 is 1. The number of benzene rings is 2. The fourth-order valence-electron chi connectivity index (χ4n) is 5.32. The van der Waals surface area contributed by atoms with Gasteiger partial charge < -0.3 is 9.84 Å². The summed E-state index contributed by atoms with van der Waals surface area (Å²) >= 11 is 0. The molecule has 5 nitrogen and oxygen atoms in total. The van der Waals surface area contributed by atoms with Gasteiger partial charge in [-0.05, 0) is 105 Å². The van der Waals surface area contributed by atoms with Crippen LogP contribution in [0, 0.1) is 36.4 Å². The third kappa shape index (κ3) is 7.30. The predicted molar refractivity (Wildman–Crippen MR) is 144 cm³/mol. The molecule has 2 unspecified atom stereocenters. The highest BCUT2D eigenvalue weighted by Gasteiger charge is 2.29. The molecule has 0 spiro atoms. The Balaban J connectivity index is 1.36. The Morgan fingerprint density at radius 3 is 2.84 bits per heavy atom. The Morgan fingerprint density at radius 2 is 2.05 bits per heavy atom. The largest absolute Gasteiger partial charge is 0.497 e. The smallest absolute Gasteiger partial charge is 0.303 e. The number of aliphatic carboxylic acids is 1. The molecule has 4 rings (SSSR count). The van der Waals surface area contributed by atoms with E-state index >= 15 is 0 Å². The highest BCUT2D eigenvalue weighted by atomic mass is 19.1. The van der Waals surface area contributed by atoms with Crippen molar-refractivity contribution in [1.82, 2.24) is 9.88 Å². The molecule has 3 aromatic rings. The van der Waals surface area contributed by atoms with Gasteiger partial charge >= 0.3 is 5.97 Å². The maximum atomic E-state index is 13.8. The molecule has 1 aliphatic heterocycles. The van der Waals surface area contributed by atoms with E-state index in [2.05, 4.69) is 33.9 Å². The standard InChI is InChI=1S/C31H35FN2O3/c1-22-8-9-23(19-29(22)32)5-4-17-34-18-15-24(26(21-34)10-13-31(35)36)6-3-7-25-14-16-33-30-12-11-27(37-2)20-28(25)30/h8-9,11-12,14,16,19-20,24,26H,3,6-7,10,13,15,17-18,21H2,1-2H3,(H,35,36). The molecule has 0 aliphatic carbocycles. The summed E-state index contributed by atoms with van der Waals surface area (Å²) in [7, 11) is 1.68. The van der Waals surface area contributed by atoms with E-state index in [9.17, 15) is 14.3 Å². The van der Waals surface area contributed by atoms with Gasteiger partial charge in [-0.2, -0.15) is 0 Å². The van der Waals surface area contributed by atoms with Crippen molar-refractivity contribution in [3.05, 3.63) is 71.2 Å². The summed E-state index contributed by atoms with van der Waals surface area (Å²) in [6.45, 7) is 4.14. The molecule has 1 fully saturated rings. The van der Waals surface area contributed by atoms with Gasteiger partial charge in [-0.15, -0.1) is 0 Å². The van der Waals surface area contributed by atoms with E-state index < -0.39 is 5.97 Å². The molecule has 6 heteroatoms. The SMILES string of the molecule is COc1ccc2nccc(CCCC3CCN(CC#Cc4ccc(C)c(F)c4)CC3CCC(=O)O)c2c1. The third-order valence-corrected chi connectivity index (χ3v) is 7.47. The number of halogens is 1. The minimum atomic E-state index is -0.741. The Labute approximate surface area is 218 Å². The van der Waals surface area contributed by atoms with Crippen LogP contribution in [-0.4, -0.2) is 47.7 Å². The van der Waals surface area contributed by atoms with Gasteiger partial charge in [0.15, 0.2) is 0 Å². The number of hydrogen-bond donors (Lipinski definition) is 1. The number of pyridine rings is 1. The van der Waals surface area contributed by atoms with Crippen LogP contribution in [0.4, 0.5) is 4.39 Å². The Bertz CT molecular complexity index is 1300. The Hall–Kier alpha value is -3.43. The minimum Gasteiger partial charge on any atom is -0.497 e. The molecule has 0 amide bonds. The average Bonchev–Trinajstić information content (AvgIpc) is 2.90. The number of piperidine rings is 1. The number of carboxylic acids is 1. The van der Waals surface area contributed by atoms with Crippen molar-refractivity contribution in [2.24, 2.45) is 11.8 Å². The van der Waals surface area contributed by atoms with Crippen molar-refractivity contribution < 1.29 is 19.0 Å². The van der Waals surface area contributed by atoms with Gasteiger partial charge in [-0.3, -0.25) is 14.7 Å². The quantitative estimate of drug-likeness (QED) is 0.371. The third-order valence-electron chi connectivity index (χ3n) is 7.47. The maximum Gasteiger partial charge on any atom is 0.303 e. The normalized spacial score (nSPS) is 17.8. The lowest BCUT2D eigenvalue weighted by Gasteiger charge is -2.38. The fourth-order valence-corrected chi connectivity index (χ4v) is 5.32. The molecule has 2 aromatic carbocycles. The lowest BCUT2D eigenvalue weighted by Crippen LogP contribution is -2.41. The number of hydrogen-bond acceptors (Lipinski definition) is 4. The summed E-state index contributed by atoms with van der Waals surface area (Å²) < 4.78 is 19.2. The van der Waals surface area contributed by atoms with Crippen molar-refractivity contribution in [2.45, 2.75) is 45.4 Å². The molecule has 0 radical (unpaired) electrons. The van der Waals surface area contributed by atoms with Crippen LogP contribution >= 0.6 is 0 Å². The van der Waals surface area contributed by atoms with Crippen LogP contribution in [0.2, 0.25) is 0 Å². The molecule has 0 saturated carbocycles. The molecular formula is C31H35FN2O3. The number of fused-ring (bicyclic) bond motifs is 1. The molecule has 2 atom stereocenters. The number of aryl methyl sites for hydroxylation is 2. The summed E-state index contributed by atoms with van der Waals surface area (Å²) in [6, 6.07) is 13.1. The monoisotopic (exact) mass is 502 g/mol. The van der Waals surface area contributed by atoms with Gasteiger partial charge in [-0.1, -0.05) is 17.9 Å².